The summed E-state index contributed by atoms with van der Waals surface area (Å²) in [6, 6.07) is 10.0. The number of benzene rings is 1. The minimum atomic E-state index is -3.47. The standard InChI is InChI=1S/C15H21O4P/c1-3-17-20(16,18-4-2)19-15-12-8-11-14(15)13-9-6-5-7-10-13/h5-11,14-15H,3-4,12H2,1-2H3/t14-,15+/m0/s1. The van der Waals surface area contributed by atoms with Crippen molar-refractivity contribution in [3.05, 3.63) is 48.0 Å². The van der Waals surface area contributed by atoms with E-state index in [2.05, 4.69) is 6.08 Å². The molecule has 4 nitrogen and oxygen atoms in total. The normalized spacial score (nSPS) is 22.3. The predicted octanol–water partition coefficient (Wildman–Crippen LogP) is 4.30. The lowest BCUT2D eigenvalue weighted by Crippen LogP contribution is -2.17. The average molecular weight is 296 g/mol. The first-order chi connectivity index (χ1) is 9.68. The fourth-order valence-corrected chi connectivity index (χ4v) is 3.70. The van der Waals surface area contributed by atoms with Crippen LogP contribution in [0.15, 0.2) is 42.5 Å². The third kappa shape index (κ3) is 3.80. The van der Waals surface area contributed by atoms with Crippen molar-refractivity contribution < 1.29 is 18.1 Å². The van der Waals surface area contributed by atoms with E-state index in [0.717, 1.165) is 5.56 Å². The maximum absolute atomic E-state index is 12.5. The van der Waals surface area contributed by atoms with Crippen LogP contribution in [0.5, 0.6) is 0 Å². The largest absolute Gasteiger partial charge is 0.475 e. The first kappa shape index (κ1) is 15.5. The molecule has 0 spiro atoms. The summed E-state index contributed by atoms with van der Waals surface area (Å²) in [4.78, 5) is 0. The van der Waals surface area contributed by atoms with E-state index in [-0.39, 0.29) is 12.0 Å². The van der Waals surface area contributed by atoms with Crippen molar-refractivity contribution in [3.63, 3.8) is 0 Å². The molecule has 2 rings (SSSR count). The Morgan fingerprint density at radius 1 is 1.15 bits per heavy atom. The van der Waals surface area contributed by atoms with Gasteiger partial charge in [-0.05, 0) is 25.8 Å². The first-order valence-corrected chi connectivity index (χ1v) is 8.43. The summed E-state index contributed by atoms with van der Waals surface area (Å²) in [5, 5.41) is 0. The van der Waals surface area contributed by atoms with Crippen molar-refractivity contribution in [3.8, 4) is 0 Å². The Morgan fingerprint density at radius 3 is 2.40 bits per heavy atom. The van der Waals surface area contributed by atoms with Crippen molar-refractivity contribution in [2.24, 2.45) is 0 Å². The van der Waals surface area contributed by atoms with E-state index in [0.29, 0.717) is 19.6 Å². The molecule has 5 heteroatoms. The van der Waals surface area contributed by atoms with Crippen LogP contribution < -0.4 is 0 Å². The summed E-state index contributed by atoms with van der Waals surface area (Å²) >= 11 is 0. The van der Waals surface area contributed by atoms with Crippen LogP contribution in [-0.2, 0) is 18.1 Å². The molecule has 110 valence electrons. The Morgan fingerprint density at radius 2 is 1.80 bits per heavy atom. The van der Waals surface area contributed by atoms with E-state index in [4.69, 9.17) is 13.6 Å². The quantitative estimate of drug-likeness (QED) is 0.556. The van der Waals surface area contributed by atoms with Gasteiger partial charge in [-0.25, -0.2) is 4.57 Å². The highest BCUT2D eigenvalue weighted by atomic mass is 31.2. The zero-order chi connectivity index (χ0) is 14.4. The smallest absolute Gasteiger partial charge is 0.287 e. The van der Waals surface area contributed by atoms with Gasteiger partial charge in [0.2, 0.25) is 0 Å². The summed E-state index contributed by atoms with van der Waals surface area (Å²) in [6.45, 7) is 4.15. The molecule has 0 bridgehead atoms. The number of hydrogen-bond acceptors (Lipinski definition) is 4. The minimum absolute atomic E-state index is 0.0884. The molecule has 1 aliphatic carbocycles. The second-order valence-electron chi connectivity index (χ2n) is 4.53. The maximum Gasteiger partial charge on any atom is 0.475 e. The Hall–Kier alpha value is -0.930. The zero-order valence-corrected chi connectivity index (χ0v) is 12.8. The molecule has 0 saturated carbocycles. The number of rotatable bonds is 7. The van der Waals surface area contributed by atoms with Crippen LogP contribution in [0, 0.1) is 0 Å². The lowest BCUT2D eigenvalue weighted by atomic mass is 9.97. The predicted molar refractivity (Wildman–Crippen MR) is 78.7 cm³/mol. The van der Waals surface area contributed by atoms with Gasteiger partial charge in [0.1, 0.15) is 0 Å². The van der Waals surface area contributed by atoms with Crippen LogP contribution in [0.25, 0.3) is 0 Å². The highest BCUT2D eigenvalue weighted by Gasteiger charge is 2.35. The van der Waals surface area contributed by atoms with Gasteiger partial charge in [-0.15, -0.1) is 0 Å². The van der Waals surface area contributed by atoms with E-state index < -0.39 is 7.82 Å². The van der Waals surface area contributed by atoms with Gasteiger partial charge in [-0.3, -0.25) is 13.6 Å². The molecule has 1 aromatic rings. The van der Waals surface area contributed by atoms with Crippen molar-refractivity contribution in [1.82, 2.24) is 0 Å². The first-order valence-electron chi connectivity index (χ1n) is 6.97. The number of phosphoric acid groups is 1. The summed E-state index contributed by atoms with van der Waals surface area (Å²) in [7, 11) is -3.47. The third-order valence-corrected chi connectivity index (χ3v) is 4.81. The molecule has 1 aliphatic rings. The maximum atomic E-state index is 12.5. The molecule has 0 radical (unpaired) electrons. The topological polar surface area (TPSA) is 44.8 Å². The van der Waals surface area contributed by atoms with E-state index in [1.165, 1.54) is 0 Å². The van der Waals surface area contributed by atoms with E-state index in [1.54, 1.807) is 13.8 Å². The Kier molecular flexibility index (Phi) is 5.55. The highest BCUT2D eigenvalue weighted by Crippen LogP contribution is 2.53. The van der Waals surface area contributed by atoms with Gasteiger partial charge in [0.25, 0.3) is 0 Å². The van der Waals surface area contributed by atoms with Gasteiger partial charge in [0.15, 0.2) is 0 Å². The lowest BCUT2D eigenvalue weighted by Gasteiger charge is -2.24. The van der Waals surface area contributed by atoms with Crippen molar-refractivity contribution in [1.29, 1.82) is 0 Å². The van der Waals surface area contributed by atoms with Crippen LogP contribution in [0.3, 0.4) is 0 Å². The summed E-state index contributed by atoms with van der Waals surface area (Å²) in [5.41, 5.74) is 1.14. The van der Waals surface area contributed by atoms with Crippen LogP contribution >= 0.6 is 7.82 Å². The van der Waals surface area contributed by atoms with Crippen LogP contribution in [-0.4, -0.2) is 19.3 Å². The zero-order valence-electron chi connectivity index (χ0n) is 11.9. The molecular formula is C15H21O4P. The summed E-state index contributed by atoms with van der Waals surface area (Å²) in [5.74, 6) is 0.0884. The fourth-order valence-electron chi connectivity index (χ4n) is 2.32. The second-order valence-corrected chi connectivity index (χ2v) is 6.15. The van der Waals surface area contributed by atoms with Gasteiger partial charge in [-0.1, -0.05) is 42.5 Å². The van der Waals surface area contributed by atoms with Gasteiger partial charge in [0.05, 0.1) is 19.3 Å². The average Bonchev–Trinajstić information content (AvgIpc) is 2.88. The summed E-state index contributed by atoms with van der Waals surface area (Å²) in [6.07, 6.45) is 4.64. The molecular weight excluding hydrogens is 275 g/mol. The molecule has 0 aliphatic heterocycles. The van der Waals surface area contributed by atoms with Crippen LogP contribution in [0.1, 0.15) is 31.7 Å². The van der Waals surface area contributed by atoms with E-state index >= 15 is 0 Å². The van der Waals surface area contributed by atoms with Gasteiger partial charge < -0.3 is 0 Å². The Balaban J connectivity index is 2.10. The fraction of sp³-hybridized carbons (Fsp3) is 0.467. The van der Waals surface area contributed by atoms with Crippen molar-refractivity contribution in [2.75, 3.05) is 13.2 Å². The molecule has 0 aromatic heterocycles. The van der Waals surface area contributed by atoms with Crippen molar-refractivity contribution in [2.45, 2.75) is 32.3 Å². The number of phosphoric ester groups is 1. The third-order valence-electron chi connectivity index (χ3n) is 3.14. The number of hydrogen-bond donors (Lipinski definition) is 0. The summed E-state index contributed by atoms with van der Waals surface area (Å²) < 4.78 is 28.5. The van der Waals surface area contributed by atoms with Gasteiger partial charge in [0, 0.05) is 5.92 Å². The van der Waals surface area contributed by atoms with Crippen LogP contribution in [0.2, 0.25) is 0 Å². The molecule has 1 aromatic carbocycles. The highest BCUT2D eigenvalue weighted by molar-refractivity contribution is 7.48. The Labute approximate surface area is 120 Å². The molecule has 0 fully saturated rings. The molecule has 0 saturated heterocycles. The van der Waals surface area contributed by atoms with Gasteiger partial charge >= 0.3 is 7.82 Å². The second kappa shape index (κ2) is 7.19. The van der Waals surface area contributed by atoms with Gasteiger partial charge in [-0.2, -0.15) is 0 Å². The van der Waals surface area contributed by atoms with E-state index in [1.807, 2.05) is 36.4 Å². The van der Waals surface area contributed by atoms with Crippen LogP contribution in [0.4, 0.5) is 0 Å². The molecule has 20 heavy (non-hydrogen) atoms. The molecule has 0 heterocycles. The molecule has 0 N–H and O–H groups in total. The molecule has 2 atom stereocenters. The van der Waals surface area contributed by atoms with Crippen molar-refractivity contribution >= 4 is 7.82 Å². The SMILES string of the molecule is CCOP(=O)(OCC)O[C@@H]1CC=C[C@H]1c1ccccc1. The Bertz CT molecular complexity index is 476. The minimum Gasteiger partial charge on any atom is -0.287 e. The van der Waals surface area contributed by atoms with E-state index in [9.17, 15) is 4.57 Å². The monoisotopic (exact) mass is 296 g/mol. The molecule has 0 unspecified atom stereocenters. The lowest BCUT2D eigenvalue weighted by molar-refractivity contribution is 0.0821. The molecule has 0 amide bonds.